The summed E-state index contributed by atoms with van der Waals surface area (Å²) >= 11 is 0. The molecule has 3 aromatic rings. The lowest BCUT2D eigenvalue weighted by molar-refractivity contribution is 1.76. The topological polar surface area (TPSA) is 4.36 Å². The van der Waals surface area contributed by atoms with Crippen LogP contribution in [-0.4, -0.2) is 0 Å². The molecule has 0 fully saturated rings. The third kappa shape index (κ3) is 1.24. The first-order valence-electron chi connectivity index (χ1n) is 5.17. The molecule has 0 aliphatic heterocycles. The molecule has 0 aliphatic carbocycles. The number of fused-ring (bicyclic) bond motifs is 2. The Morgan fingerprint density at radius 1 is 0.750 bits per heavy atom. The minimum atomic E-state index is 0.725. The molecule has 0 saturated heterocycles. The minimum absolute atomic E-state index is 0.725. The van der Waals surface area contributed by atoms with Crippen LogP contribution in [0.1, 0.15) is 0 Å². The minimum Gasteiger partial charge on any atom is -0.238 e. The molecule has 0 aliphatic rings. The summed E-state index contributed by atoms with van der Waals surface area (Å²) in [5, 5.41) is 4.58. The summed E-state index contributed by atoms with van der Waals surface area (Å²) in [7, 11) is 0. The fourth-order valence-corrected chi connectivity index (χ4v) is 2.05. The van der Waals surface area contributed by atoms with Crippen molar-refractivity contribution in [2.24, 2.45) is 0 Å². The highest BCUT2D eigenvalue weighted by atomic mass is 14.6. The van der Waals surface area contributed by atoms with Crippen LogP contribution in [0.25, 0.3) is 26.4 Å². The van der Waals surface area contributed by atoms with E-state index in [1.54, 1.807) is 0 Å². The normalized spacial score (nSPS) is 10.4. The van der Waals surface area contributed by atoms with Gasteiger partial charge in [0.15, 0.2) is 5.69 Å². The zero-order valence-corrected chi connectivity index (χ0v) is 8.64. The molecule has 0 N–H and O–H groups in total. The second kappa shape index (κ2) is 3.36. The van der Waals surface area contributed by atoms with Gasteiger partial charge in [-0.1, -0.05) is 48.5 Å². The lowest BCUT2D eigenvalue weighted by Gasteiger charge is -2.03. The number of rotatable bonds is 0. The summed E-state index contributed by atoms with van der Waals surface area (Å²) in [6.45, 7) is 7.16. The van der Waals surface area contributed by atoms with E-state index in [0.29, 0.717) is 0 Å². The molecule has 74 valence electrons. The van der Waals surface area contributed by atoms with E-state index in [0.717, 1.165) is 16.5 Å². The summed E-state index contributed by atoms with van der Waals surface area (Å²) in [5.41, 5.74) is 0.725. The van der Waals surface area contributed by atoms with E-state index < -0.39 is 0 Å². The molecule has 0 radical (unpaired) electrons. The molecular weight excluding hydrogens is 194 g/mol. The van der Waals surface area contributed by atoms with Gasteiger partial charge in [-0.15, -0.1) is 0 Å². The Hall–Kier alpha value is -2.33. The Morgan fingerprint density at radius 2 is 1.44 bits per heavy atom. The standard InChI is InChI=1S/C15H9N/c1-16-15-8-4-7-13-9-11-5-2-3-6-12(11)10-14(13)15/h2-10H. The van der Waals surface area contributed by atoms with Crippen LogP contribution in [0.4, 0.5) is 5.69 Å². The lowest BCUT2D eigenvalue weighted by atomic mass is 10.0. The molecule has 1 heteroatoms. The van der Waals surface area contributed by atoms with Crippen LogP contribution in [0.2, 0.25) is 0 Å². The maximum absolute atomic E-state index is 7.16. The van der Waals surface area contributed by atoms with Gasteiger partial charge in [-0.3, -0.25) is 0 Å². The van der Waals surface area contributed by atoms with Gasteiger partial charge in [-0.25, -0.2) is 4.85 Å². The monoisotopic (exact) mass is 203 g/mol. The lowest BCUT2D eigenvalue weighted by Crippen LogP contribution is -1.75. The van der Waals surface area contributed by atoms with E-state index in [-0.39, 0.29) is 0 Å². The van der Waals surface area contributed by atoms with Gasteiger partial charge in [0.25, 0.3) is 0 Å². The molecule has 3 aromatic carbocycles. The van der Waals surface area contributed by atoms with Crippen molar-refractivity contribution in [3.8, 4) is 0 Å². The molecule has 0 heterocycles. The SMILES string of the molecule is [C-]#[N+]c1cccc2cc3ccccc3cc12. The van der Waals surface area contributed by atoms with Crippen molar-refractivity contribution >= 4 is 27.2 Å². The molecule has 0 aromatic heterocycles. The van der Waals surface area contributed by atoms with Crippen LogP contribution in [-0.2, 0) is 0 Å². The smallest absolute Gasteiger partial charge is 0.194 e. The summed E-state index contributed by atoms with van der Waals surface area (Å²) < 4.78 is 0. The number of nitrogens with zero attached hydrogens (tertiary/aromatic N) is 1. The maximum atomic E-state index is 7.16. The fraction of sp³-hybridized carbons (Fsp3) is 0. The highest BCUT2D eigenvalue weighted by molar-refractivity contribution is 6.03. The van der Waals surface area contributed by atoms with E-state index >= 15 is 0 Å². The molecule has 0 unspecified atom stereocenters. The van der Waals surface area contributed by atoms with E-state index in [2.05, 4.69) is 35.2 Å². The molecule has 0 atom stereocenters. The molecule has 0 saturated carbocycles. The second-order valence-electron chi connectivity index (χ2n) is 3.81. The largest absolute Gasteiger partial charge is 0.238 e. The Kier molecular flexibility index (Phi) is 1.88. The Balaban J connectivity index is 2.52. The average molecular weight is 203 g/mol. The molecule has 16 heavy (non-hydrogen) atoms. The van der Waals surface area contributed by atoms with Crippen LogP contribution in [0, 0.1) is 6.57 Å². The predicted molar refractivity (Wildman–Crippen MR) is 67.7 cm³/mol. The zero-order chi connectivity index (χ0) is 11.0. The molecule has 0 amide bonds. The molecule has 1 nitrogen and oxygen atoms in total. The molecule has 0 bridgehead atoms. The third-order valence-corrected chi connectivity index (χ3v) is 2.84. The average Bonchev–Trinajstić information content (AvgIpc) is 2.35. The summed E-state index contributed by atoms with van der Waals surface area (Å²) in [4.78, 5) is 3.56. The van der Waals surface area contributed by atoms with Crippen LogP contribution >= 0.6 is 0 Å². The van der Waals surface area contributed by atoms with E-state index in [9.17, 15) is 0 Å². The van der Waals surface area contributed by atoms with Crippen LogP contribution in [0.15, 0.2) is 54.6 Å². The first kappa shape index (κ1) is 8.94. The van der Waals surface area contributed by atoms with Gasteiger partial charge in [0.2, 0.25) is 0 Å². The Morgan fingerprint density at radius 3 is 2.19 bits per heavy atom. The fourth-order valence-electron chi connectivity index (χ4n) is 2.05. The number of hydrogen-bond donors (Lipinski definition) is 0. The van der Waals surface area contributed by atoms with Crippen LogP contribution in [0.3, 0.4) is 0 Å². The predicted octanol–water partition coefficient (Wildman–Crippen LogP) is 4.54. The van der Waals surface area contributed by atoms with Crippen molar-refractivity contribution in [2.75, 3.05) is 0 Å². The van der Waals surface area contributed by atoms with Crippen molar-refractivity contribution in [3.63, 3.8) is 0 Å². The van der Waals surface area contributed by atoms with Gasteiger partial charge in [-0.2, -0.15) is 0 Å². The Labute approximate surface area is 93.8 Å². The zero-order valence-electron chi connectivity index (χ0n) is 8.64. The number of benzene rings is 3. The van der Waals surface area contributed by atoms with Gasteiger partial charge in [0, 0.05) is 0 Å². The van der Waals surface area contributed by atoms with Crippen molar-refractivity contribution in [2.45, 2.75) is 0 Å². The van der Waals surface area contributed by atoms with Crippen molar-refractivity contribution in [1.82, 2.24) is 0 Å². The van der Waals surface area contributed by atoms with Crippen LogP contribution in [0.5, 0.6) is 0 Å². The first-order valence-corrected chi connectivity index (χ1v) is 5.17. The highest BCUT2D eigenvalue weighted by Crippen LogP contribution is 2.29. The molecular formula is C15H9N. The van der Waals surface area contributed by atoms with Gasteiger partial charge in [0.05, 0.1) is 6.57 Å². The summed E-state index contributed by atoms with van der Waals surface area (Å²) in [6, 6.07) is 18.3. The van der Waals surface area contributed by atoms with E-state index in [1.165, 1.54) is 10.8 Å². The van der Waals surface area contributed by atoms with E-state index in [1.807, 2.05) is 24.3 Å². The molecule has 0 spiro atoms. The van der Waals surface area contributed by atoms with Crippen LogP contribution < -0.4 is 0 Å². The summed E-state index contributed by atoms with van der Waals surface area (Å²) in [5.74, 6) is 0. The molecule has 3 rings (SSSR count). The van der Waals surface area contributed by atoms with Gasteiger partial charge < -0.3 is 0 Å². The quantitative estimate of drug-likeness (QED) is 0.373. The number of hydrogen-bond acceptors (Lipinski definition) is 0. The third-order valence-electron chi connectivity index (χ3n) is 2.84. The maximum Gasteiger partial charge on any atom is 0.194 e. The van der Waals surface area contributed by atoms with Gasteiger partial charge in [-0.05, 0) is 27.6 Å². The van der Waals surface area contributed by atoms with Gasteiger partial charge in [0.1, 0.15) is 0 Å². The first-order chi connectivity index (χ1) is 7.88. The Bertz CT molecular complexity index is 720. The van der Waals surface area contributed by atoms with E-state index in [4.69, 9.17) is 6.57 Å². The van der Waals surface area contributed by atoms with Crippen molar-refractivity contribution in [1.29, 1.82) is 0 Å². The van der Waals surface area contributed by atoms with Crippen molar-refractivity contribution < 1.29 is 0 Å². The van der Waals surface area contributed by atoms with Crippen molar-refractivity contribution in [3.05, 3.63) is 66.0 Å². The highest BCUT2D eigenvalue weighted by Gasteiger charge is 2.01. The summed E-state index contributed by atoms with van der Waals surface area (Å²) in [6.07, 6.45) is 0. The van der Waals surface area contributed by atoms with Gasteiger partial charge >= 0.3 is 0 Å². The second-order valence-corrected chi connectivity index (χ2v) is 3.81.